The summed E-state index contributed by atoms with van der Waals surface area (Å²) in [7, 11) is 1.67. The van der Waals surface area contributed by atoms with Crippen LogP contribution in [0.5, 0.6) is 5.75 Å². The van der Waals surface area contributed by atoms with Gasteiger partial charge in [0.25, 0.3) is 5.69 Å². The van der Waals surface area contributed by atoms with E-state index in [1.54, 1.807) is 13.1 Å². The molecule has 0 unspecified atom stereocenters. The van der Waals surface area contributed by atoms with E-state index in [-0.39, 0.29) is 12.3 Å². The lowest BCUT2D eigenvalue weighted by molar-refractivity contribution is -0.384. The second-order valence-electron chi connectivity index (χ2n) is 4.88. The normalized spacial score (nSPS) is 10.2. The molecule has 0 aliphatic rings. The number of benzene rings is 2. The Morgan fingerprint density at radius 1 is 1.24 bits per heavy atom. The number of aryl methyl sites for hydroxylation is 2. The molecule has 0 fully saturated rings. The Hall–Kier alpha value is -2.56. The molecule has 0 radical (unpaired) electrons. The number of nitro benzene ring substituents is 1. The number of anilines is 1. The fourth-order valence-electron chi connectivity index (χ4n) is 2.26. The summed E-state index contributed by atoms with van der Waals surface area (Å²) in [5.74, 6) is 0.786. The van der Waals surface area contributed by atoms with E-state index < -0.39 is 4.92 Å². The van der Waals surface area contributed by atoms with Crippen molar-refractivity contribution in [2.75, 3.05) is 12.4 Å². The lowest BCUT2D eigenvalue weighted by Gasteiger charge is -2.13. The maximum absolute atomic E-state index is 11.0. The second kappa shape index (κ2) is 6.26. The average molecular weight is 286 g/mol. The van der Waals surface area contributed by atoms with Crippen molar-refractivity contribution in [3.8, 4) is 5.75 Å². The fraction of sp³-hybridized carbons (Fsp3) is 0.250. The van der Waals surface area contributed by atoms with E-state index in [4.69, 9.17) is 4.74 Å². The highest BCUT2D eigenvalue weighted by atomic mass is 16.6. The number of rotatable bonds is 5. The monoisotopic (exact) mass is 286 g/mol. The Labute approximate surface area is 123 Å². The lowest BCUT2D eigenvalue weighted by atomic mass is 10.1. The van der Waals surface area contributed by atoms with E-state index in [2.05, 4.69) is 5.32 Å². The van der Waals surface area contributed by atoms with E-state index in [9.17, 15) is 10.1 Å². The van der Waals surface area contributed by atoms with Crippen molar-refractivity contribution in [1.29, 1.82) is 0 Å². The van der Waals surface area contributed by atoms with Gasteiger partial charge >= 0.3 is 0 Å². The van der Waals surface area contributed by atoms with Gasteiger partial charge in [0.1, 0.15) is 18.0 Å². The van der Waals surface area contributed by atoms with Crippen molar-refractivity contribution in [1.82, 2.24) is 0 Å². The smallest absolute Gasteiger partial charge is 0.292 e. The molecule has 0 bridgehead atoms. The largest absolute Gasteiger partial charge is 0.489 e. The maximum Gasteiger partial charge on any atom is 0.292 e. The minimum atomic E-state index is -0.396. The summed E-state index contributed by atoms with van der Waals surface area (Å²) in [5, 5.41) is 13.9. The van der Waals surface area contributed by atoms with Gasteiger partial charge in [-0.15, -0.1) is 0 Å². The van der Waals surface area contributed by atoms with Crippen molar-refractivity contribution in [3.05, 3.63) is 63.2 Å². The van der Waals surface area contributed by atoms with Gasteiger partial charge in [0.2, 0.25) is 0 Å². The minimum Gasteiger partial charge on any atom is -0.489 e. The molecule has 2 aromatic carbocycles. The third-order valence-corrected chi connectivity index (χ3v) is 3.29. The molecule has 2 aromatic rings. The Morgan fingerprint density at radius 3 is 2.62 bits per heavy atom. The third-order valence-electron chi connectivity index (χ3n) is 3.29. The van der Waals surface area contributed by atoms with Crippen LogP contribution >= 0.6 is 0 Å². The molecular weight excluding hydrogens is 268 g/mol. The Balaban J connectivity index is 2.24. The van der Waals surface area contributed by atoms with Crippen LogP contribution in [-0.4, -0.2) is 12.0 Å². The van der Waals surface area contributed by atoms with E-state index in [1.165, 1.54) is 11.6 Å². The molecule has 0 spiro atoms. The van der Waals surface area contributed by atoms with Gasteiger partial charge in [0.15, 0.2) is 0 Å². The topological polar surface area (TPSA) is 64.4 Å². The van der Waals surface area contributed by atoms with Crippen molar-refractivity contribution in [2.45, 2.75) is 20.5 Å². The molecule has 21 heavy (non-hydrogen) atoms. The number of hydrogen-bond acceptors (Lipinski definition) is 4. The van der Waals surface area contributed by atoms with Crippen LogP contribution in [0.3, 0.4) is 0 Å². The summed E-state index contributed by atoms with van der Waals surface area (Å²) in [6.07, 6.45) is 0. The summed E-state index contributed by atoms with van der Waals surface area (Å²) in [4.78, 5) is 10.6. The van der Waals surface area contributed by atoms with Gasteiger partial charge < -0.3 is 10.1 Å². The Kier molecular flexibility index (Phi) is 4.42. The van der Waals surface area contributed by atoms with Crippen LogP contribution in [0.25, 0.3) is 0 Å². The molecule has 2 rings (SSSR count). The zero-order chi connectivity index (χ0) is 15.4. The van der Waals surface area contributed by atoms with E-state index in [0.717, 1.165) is 16.9 Å². The van der Waals surface area contributed by atoms with E-state index in [0.29, 0.717) is 5.69 Å². The quantitative estimate of drug-likeness (QED) is 0.670. The van der Waals surface area contributed by atoms with Crippen LogP contribution in [0.2, 0.25) is 0 Å². The zero-order valence-electron chi connectivity index (χ0n) is 12.3. The van der Waals surface area contributed by atoms with Crippen molar-refractivity contribution in [2.24, 2.45) is 0 Å². The van der Waals surface area contributed by atoms with Crippen LogP contribution in [0.15, 0.2) is 36.4 Å². The first-order valence-corrected chi connectivity index (χ1v) is 6.67. The predicted octanol–water partition coefficient (Wildman–Crippen LogP) is 3.83. The first kappa shape index (κ1) is 14.8. The highest BCUT2D eigenvalue weighted by Crippen LogP contribution is 2.29. The molecule has 0 amide bonds. The van der Waals surface area contributed by atoms with Gasteiger partial charge in [-0.2, -0.15) is 0 Å². The summed E-state index contributed by atoms with van der Waals surface area (Å²) in [5.41, 5.74) is 3.52. The van der Waals surface area contributed by atoms with Crippen LogP contribution in [-0.2, 0) is 6.61 Å². The predicted molar refractivity (Wildman–Crippen MR) is 82.9 cm³/mol. The van der Waals surface area contributed by atoms with Crippen molar-refractivity contribution >= 4 is 11.4 Å². The molecule has 0 aliphatic heterocycles. The van der Waals surface area contributed by atoms with Gasteiger partial charge in [0, 0.05) is 18.7 Å². The van der Waals surface area contributed by atoms with Gasteiger partial charge in [-0.1, -0.05) is 29.8 Å². The van der Waals surface area contributed by atoms with Gasteiger partial charge in [-0.25, -0.2) is 0 Å². The summed E-state index contributed by atoms with van der Waals surface area (Å²) < 4.78 is 5.79. The molecule has 5 heteroatoms. The fourth-order valence-corrected chi connectivity index (χ4v) is 2.26. The molecule has 0 aliphatic carbocycles. The molecule has 0 aromatic heterocycles. The number of nitrogens with zero attached hydrogens (tertiary/aromatic N) is 1. The van der Waals surface area contributed by atoms with E-state index in [1.807, 2.05) is 38.1 Å². The number of para-hydroxylation sites is 1. The van der Waals surface area contributed by atoms with Crippen molar-refractivity contribution in [3.63, 3.8) is 0 Å². The van der Waals surface area contributed by atoms with Gasteiger partial charge in [-0.05, 0) is 25.5 Å². The highest BCUT2D eigenvalue weighted by molar-refractivity contribution is 5.66. The molecule has 0 saturated heterocycles. The van der Waals surface area contributed by atoms with E-state index >= 15 is 0 Å². The van der Waals surface area contributed by atoms with Gasteiger partial charge in [0.05, 0.1) is 4.92 Å². The summed E-state index contributed by atoms with van der Waals surface area (Å²) >= 11 is 0. The summed E-state index contributed by atoms with van der Waals surface area (Å²) in [6, 6.07) is 10.9. The maximum atomic E-state index is 11.0. The van der Waals surface area contributed by atoms with Crippen LogP contribution in [0, 0.1) is 24.0 Å². The number of hydrogen-bond donors (Lipinski definition) is 1. The van der Waals surface area contributed by atoms with Crippen LogP contribution < -0.4 is 10.1 Å². The Bertz CT molecular complexity index is 669. The van der Waals surface area contributed by atoms with Crippen LogP contribution in [0.1, 0.15) is 16.7 Å². The Morgan fingerprint density at radius 2 is 2.00 bits per heavy atom. The molecule has 0 heterocycles. The minimum absolute atomic E-state index is 0.0548. The number of nitro groups is 1. The zero-order valence-corrected chi connectivity index (χ0v) is 12.3. The SMILES string of the molecule is CNc1c(COc2ccc(C)cc2C)cccc1[N+](=O)[O-]. The molecule has 0 saturated carbocycles. The highest BCUT2D eigenvalue weighted by Gasteiger charge is 2.16. The summed E-state index contributed by atoms with van der Waals surface area (Å²) in [6.45, 7) is 4.28. The molecule has 0 atom stereocenters. The number of ether oxygens (including phenoxy) is 1. The molecule has 5 nitrogen and oxygen atoms in total. The van der Waals surface area contributed by atoms with Crippen LogP contribution in [0.4, 0.5) is 11.4 Å². The average Bonchev–Trinajstić information content (AvgIpc) is 2.45. The van der Waals surface area contributed by atoms with Crippen molar-refractivity contribution < 1.29 is 9.66 Å². The standard InChI is InChI=1S/C16H18N2O3/c1-11-7-8-15(12(2)9-11)21-10-13-5-4-6-14(18(19)20)16(13)17-3/h4-9,17H,10H2,1-3H3. The lowest BCUT2D eigenvalue weighted by Crippen LogP contribution is -2.04. The second-order valence-corrected chi connectivity index (χ2v) is 4.88. The number of nitrogens with one attached hydrogen (secondary N) is 1. The first-order valence-electron chi connectivity index (χ1n) is 6.67. The third kappa shape index (κ3) is 3.31. The first-order chi connectivity index (χ1) is 10.0. The molecule has 1 N–H and O–H groups in total. The molecule has 110 valence electrons. The van der Waals surface area contributed by atoms with Gasteiger partial charge in [-0.3, -0.25) is 10.1 Å². The molecular formula is C16H18N2O3.